The standard InChI is InChI=1S/C11H11BrClN3O2/c12-7-5-6(13)1-2-8(7)15-10(17)11(3-4-11)9(14)16-18/h1-2,5,18H,3-4H2,(H2,14,16)(H,15,17). The first kappa shape index (κ1) is 13.2. The number of carbonyl (C=O) groups excluding carboxylic acids is 1. The Bertz CT molecular complexity index is 529. The average Bonchev–Trinajstić information content (AvgIpc) is 3.13. The molecule has 0 radical (unpaired) electrons. The number of rotatable bonds is 3. The SMILES string of the molecule is N/C(=N/O)C1(C(=O)Nc2ccc(Cl)cc2Br)CC1. The minimum absolute atomic E-state index is 0.0508. The highest BCUT2D eigenvalue weighted by atomic mass is 79.9. The summed E-state index contributed by atoms with van der Waals surface area (Å²) in [6, 6.07) is 5.04. The molecule has 0 aliphatic heterocycles. The Kier molecular flexibility index (Phi) is 3.49. The van der Waals surface area contributed by atoms with Crippen LogP contribution in [-0.2, 0) is 4.79 Å². The number of amidine groups is 1. The van der Waals surface area contributed by atoms with E-state index in [1.54, 1.807) is 18.2 Å². The van der Waals surface area contributed by atoms with Gasteiger partial charge in [-0.2, -0.15) is 0 Å². The Labute approximate surface area is 117 Å². The molecule has 1 aromatic carbocycles. The van der Waals surface area contributed by atoms with Gasteiger partial charge >= 0.3 is 0 Å². The van der Waals surface area contributed by atoms with Crippen LogP contribution >= 0.6 is 27.5 Å². The summed E-state index contributed by atoms with van der Waals surface area (Å²) < 4.78 is 0.679. The molecule has 0 unspecified atom stereocenters. The molecule has 0 spiro atoms. The van der Waals surface area contributed by atoms with E-state index in [0.29, 0.717) is 28.0 Å². The van der Waals surface area contributed by atoms with Gasteiger partial charge in [-0.15, -0.1) is 0 Å². The first-order valence-corrected chi connectivity index (χ1v) is 6.41. The molecule has 4 N–H and O–H groups in total. The van der Waals surface area contributed by atoms with Crippen molar-refractivity contribution < 1.29 is 10.0 Å². The van der Waals surface area contributed by atoms with Gasteiger partial charge in [-0.3, -0.25) is 4.79 Å². The van der Waals surface area contributed by atoms with Crippen LogP contribution in [0, 0.1) is 5.41 Å². The zero-order chi connectivity index (χ0) is 13.3. The molecule has 1 amide bonds. The maximum absolute atomic E-state index is 12.1. The molecule has 1 fully saturated rings. The van der Waals surface area contributed by atoms with E-state index in [-0.39, 0.29) is 11.7 Å². The monoisotopic (exact) mass is 331 g/mol. The van der Waals surface area contributed by atoms with Crippen LogP contribution in [0.1, 0.15) is 12.8 Å². The number of carbonyl (C=O) groups is 1. The first-order valence-electron chi connectivity index (χ1n) is 5.24. The maximum atomic E-state index is 12.1. The summed E-state index contributed by atoms with van der Waals surface area (Å²) in [6.07, 6.45) is 1.17. The largest absolute Gasteiger partial charge is 0.409 e. The van der Waals surface area contributed by atoms with Gasteiger partial charge in [0.2, 0.25) is 5.91 Å². The van der Waals surface area contributed by atoms with Crippen LogP contribution in [0.5, 0.6) is 0 Å². The lowest BCUT2D eigenvalue weighted by molar-refractivity contribution is -0.119. The van der Waals surface area contributed by atoms with Gasteiger partial charge in [0.1, 0.15) is 5.41 Å². The van der Waals surface area contributed by atoms with Gasteiger partial charge in [-0.1, -0.05) is 16.8 Å². The molecule has 1 aliphatic carbocycles. The summed E-state index contributed by atoms with van der Waals surface area (Å²) >= 11 is 9.12. The summed E-state index contributed by atoms with van der Waals surface area (Å²) in [7, 11) is 0. The summed E-state index contributed by atoms with van der Waals surface area (Å²) in [5.41, 5.74) is 5.27. The van der Waals surface area contributed by atoms with Gasteiger partial charge in [-0.05, 0) is 47.0 Å². The summed E-state index contributed by atoms with van der Waals surface area (Å²) in [6.45, 7) is 0. The number of hydrogen-bond donors (Lipinski definition) is 3. The number of nitrogens with zero attached hydrogens (tertiary/aromatic N) is 1. The quantitative estimate of drug-likeness (QED) is 0.344. The van der Waals surface area contributed by atoms with Crippen LogP contribution in [-0.4, -0.2) is 17.0 Å². The Hall–Kier alpha value is -1.27. The second kappa shape index (κ2) is 4.78. The molecule has 0 atom stereocenters. The number of nitrogens with one attached hydrogen (secondary N) is 1. The third-order valence-corrected chi connectivity index (χ3v) is 3.85. The highest BCUT2D eigenvalue weighted by Gasteiger charge is 2.54. The van der Waals surface area contributed by atoms with Gasteiger partial charge in [0, 0.05) is 9.50 Å². The number of amides is 1. The number of nitrogens with two attached hydrogens (primary N) is 1. The lowest BCUT2D eigenvalue weighted by Gasteiger charge is -2.14. The second-order valence-corrected chi connectivity index (χ2v) is 5.44. The molecule has 1 aliphatic rings. The number of halogens is 2. The van der Waals surface area contributed by atoms with Crippen LogP contribution in [0.25, 0.3) is 0 Å². The molecule has 1 aromatic rings. The number of anilines is 1. The molecule has 5 nitrogen and oxygen atoms in total. The van der Waals surface area contributed by atoms with Crippen molar-refractivity contribution in [3.8, 4) is 0 Å². The minimum atomic E-state index is -0.867. The topological polar surface area (TPSA) is 87.7 Å². The van der Waals surface area contributed by atoms with Crippen molar-refractivity contribution in [3.05, 3.63) is 27.7 Å². The lowest BCUT2D eigenvalue weighted by atomic mass is 10.1. The van der Waals surface area contributed by atoms with Crippen molar-refractivity contribution in [2.45, 2.75) is 12.8 Å². The molecule has 0 heterocycles. The van der Waals surface area contributed by atoms with E-state index < -0.39 is 5.41 Å². The van der Waals surface area contributed by atoms with Crippen molar-refractivity contribution in [2.24, 2.45) is 16.3 Å². The van der Waals surface area contributed by atoms with Crippen molar-refractivity contribution in [2.75, 3.05) is 5.32 Å². The predicted octanol–water partition coefficient (Wildman–Crippen LogP) is 2.57. The number of benzene rings is 1. The summed E-state index contributed by atoms with van der Waals surface area (Å²) in [5.74, 6) is -0.328. The first-order chi connectivity index (χ1) is 8.49. The average molecular weight is 333 g/mol. The van der Waals surface area contributed by atoms with Gasteiger partial charge < -0.3 is 16.3 Å². The van der Waals surface area contributed by atoms with Gasteiger partial charge in [0.25, 0.3) is 0 Å². The highest BCUT2D eigenvalue weighted by molar-refractivity contribution is 9.10. The van der Waals surface area contributed by atoms with E-state index >= 15 is 0 Å². The summed E-state index contributed by atoms with van der Waals surface area (Å²) in [4.78, 5) is 12.1. The van der Waals surface area contributed by atoms with Crippen molar-refractivity contribution in [1.82, 2.24) is 0 Å². The molecule has 7 heteroatoms. The van der Waals surface area contributed by atoms with E-state index in [1.807, 2.05) is 0 Å². The van der Waals surface area contributed by atoms with Crippen LogP contribution in [0.4, 0.5) is 5.69 Å². The van der Waals surface area contributed by atoms with Crippen molar-refractivity contribution in [3.63, 3.8) is 0 Å². The minimum Gasteiger partial charge on any atom is -0.409 e. The molecular weight excluding hydrogens is 321 g/mol. The molecule has 96 valence electrons. The zero-order valence-corrected chi connectivity index (χ0v) is 11.6. The number of oxime groups is 1. The fourth-order valence-corrected chi connectivity index (χ4v) is 2.43. The third kappa shape index (κ3) is 2.30. The fraction of sp³-hybridized carbons (Fsp3) is 0.273. The molecule has 18 heavy (non-hydrogen) atoms. The molecular formula is C11H11BrClN3O2. The Morgan fingerprint density at radius 3 is 2.72 bits per heavy atom. The van der Waals surface area contributed by atoms with Crippen LogP contribution in [0.15, 0.2) is 27.8 Å². The van der Waals surface area contributed by atoms with E-state index in [4.69, 9.17) is 22.5 Å². The Morgan fingerprint density at radius 2 is 2.22 bits per heavy atom. The normalized spacial score (nSPS) is 17.3. The Morgan fingerprint density at radius 1 is 1.56 bits per heavy atom. The van der Waals surface area contributed by atoms with Crippen LogP contribution < -0.4 is 11.1 Å². The number of hydrogen-bond acceptors (Lipinski definition) is 3. The van der Waals surface area contributed by atoms with Crippen LogP contribution in [0.3, 0.4) is 0 Å². The van der Waals surface area contributed by atoms with Crippen molar-refractivity contribution in [1.29, 1.82) is 0 Å². The lowest BCUT2D eigenvalue weighted by Crippen LogP contribution is -2.36. The molecule has 0 aromatic heterocycles. The fourth-order valence-electron chi connectivity index (χ4n) is 1.65. The molecule has 2 rings (SSSR count). The zero-order valence-electron chi connectivity index (χ0n) is 9.28. The third-order valence-electron chi connectivity index (χ3n) is 2.96. The predicted molar refractivity (Wildman–Crippen MR) is 72.9 cm³/mol. The van der Waals surface area contributed by atoms with E-state index in [0.717, 1.165) is 0 Å². The van der Waals surface area contributed by atoms with Crippen LogP contribution in [0.2, 0.25) is 5.02 Å². The van der Waals surface area contributed by atoms with Gasteiger partial charge in [0.05, 0.1) is 5.69 Å². The molecule has 1 saturated carbocycles. The highest BCUT2D eigenvalue weighted by Crippen LogP contribution is 2.47. The van der Waals surface area contributed by atoms with Gasteiger partial charge in [-0.25, -0.2) is 0 Å². The smallest absolute Gasteiger partial charge is 0.238 e. The molecule has 0 bridgehead atoms. The maximum Gasteiger partial charge on any atom is 0.238 e. The summed E-state index contributed by atoms with van der Waals surface area (Å²) in [5, 5.41) is 14.9. The van der Waals surface area contributed by atoms with Gasteiger partial charge in [0.15, 0.2) is 5.84 Å². The second-order valence-electron chi connectivity index (χ2n) is 4.15. The van der Waals surface area contributed by atoms with E-state index in [9.17, 15) is 4.79 Å². The Balaban J connectivity index is 2.18. The molecule has 0 saturated heterocycles. The van der Waals surface area contributed by atoms with E-state index in [2.05, 4.69) is 26.4 Å². The van der Waals surface area contributed by atoms with E-state index in [1.165, 1.54) is 0 Å². The van der Waals surface area contributed by atoms with Crippen molar-refractivity contribution >= 4 is 45.0 Å².